The maximum Gasteiger partial charge on any atom is 0.223 e. The van der Waals surface area contributed by atoms with Crippen molar-refractivity contribution in [3.8, 4) is 0 Å². The first kappa shape index (κ1) is 16.8. The van der Waals surface area contributed by atoms with E-state index in [1.54, 1.807) is 0 Å². The third-order valence-electron chi connectivity index (χ3n) is 5.87. The van der Waals surface area contributed by atoms with E-state index in [0.29, 0.717) is 17.9 Å². The van der Waals surface area contributed by atoms with Crippen LogP contribution in [0.3, 0.4) is 0 Å². The number of carbonyl (C=O) groups excluding carboxylic acids is 1. The molecular weight excluding hydrogens is 260 g/mol. The zero-order valence-electron chi connectivity index (χ0n) is 14.2. The summed E-state index contributed by atoms with van der Waals surface area (Å²) in [6.45, 7) is 7.56. The van der Waals surface area contributed by atoms with E-state index in [0.717, 1.165) is 18.8 Å². The van der Waals surface area contributed by atoms with Crippen molar-refractivity contribution in [2.45, 2.75) is 78.2 Å². The van der Waals surface area contributed by atoms with Crippen LogP contribution in [-0.4, -0.2) is 18.5 Å². The zero-order chi connectivity index (χ0) is 15.5. The zero-order valence-corrected chi connectivity index (χ0v) is 14.2. The Morgan fingerprint density at radius 1 is 1.10 bits per heavy atom. The van der Waals surface area contributed by atoms with E-state index < -0.39 is 0 Å². The minimum Gasteiger partial charge on any atom is -0.352 e. The Hall–Kier alpha value is -0.570. The standard InChI is InChI=1S/C18H34N2O/c1-18(2,3)15-10-8-14(9-11-15)17(21)20-16(12-19)13-6-4-5-7-13/h13-16H,4-12,19H2,1-3H3,(H,20,21). The molecule has 0 aromatic rings. The van der Waals surface area contributed by atoms with E-state index in [1.807, 2.05) is 0 Å². The Labute approximate surface area is 130 Å². The van der Waals surface area contributed by atoms with Gasteiger partial charge in [-0.2, -0.15) is 0 Å². The van der Waals surface area contributed by atoms with E-state index in [-0.39, 0.29) is 17.9 Å². The monoisotopic (exact) mass is 294 g/mol. The average Bonchev–Trinajstić information content (AvgIpc) is 2.97. The molecule has 0 aromatic carbocycles. The lowest BCUT2D eigenvalue weighted by atomic mass is 9.69. The fourth-order valence-electron chi connectivity index (χ4n) is 4.25. The van der Waals surface area contributed by atoms with Gasteiger partial charge in [0.25, 0.3) is 0 Å². The third kappa shape index (κ3) is 4.45. The van der Waals surface area contributed by atoms with E-state index >= 15 is 0 Å². The second-order valence-electron chi connectivity index (χ2n) is 8.31. The van der Waals surface area contributed by atoms with Crippen molar-refractivity contribution in [3.63, 3.8) is 0 Å². The van der Waals surface area contributed by atoms with Gasteiger partial charge in [-0.1, -0.05) is 33.6 Å². The predicted octanol–water partition coefficient (Wildman–Crippen LogP) is 3.47. The van der Waals surface area contributed by atoms with Crippen LogP contribution in [-0.2, 0) is 4.79 Å². The molecule has 0 radical (unpaired) electrons. The minimum atomic E-state index is 0.209. The molecule has 3 nitrogen and oxygen atoms in total. The van der Waals surface area contributed by atoms with E-state index in [9.17, 15) is 4.79 Å². The molecule has 2 saturated carbocycles. The molecule has 122 valence electrons. The average molecular weight is 294 g/mol. The Bertz CT molecular complexity index is 334. The minimum absolute atomic E-state index is 0.209. The smallest absolute Gasteiger partial charge is 0.223 e. The van der Waals surface area contributed by atoms with Crippen molar-refractivity contribution in [2.24, 2.45) is 28.9 Å². The van der Waals surface area contributed by atoms with Crippen molar-refractivity contribution < 1.29 is 4.79 Å². The molecule has 0 heterocycles. The van der Waals surface area contributed by atoms with E-state index in [1.165, 1.54) is 38.5 Å². The molecule has 2 rings (SSSR count). The van der Waals surface area contributed by atoms with Crippen molar-refractivity contribution in [3.05, 3.63) is 0 Å². The summed E-state index contributed by atoms with van der Waals surface area (Å²) in [7, 11) is 0. The maximum absolute atomic E-state index is 12.5. The highest BCUT2D eigenvalue weighted by Crippen LogP contribution is 2.40. The first-order valence-corrected chi connectivity index (χ1v) is 8.92. The quantitative estimate of drug-likeness (QED) is 0.834. The number of nitrogens with one attached hydrogen (secondary N) is 1. The summed E-state index contributed by atoms with van der Waals surface area (Å²) in [4.78, 5) is 12.5. The summed E-state index contributed by atoms with van der Waals surface area (Å²) in [5.41, 5.74) is 6.27. The summed E-state index contributed by atoms with van der Waals surface area (Å²) in [6, 6.07) is 0.209. The molecule has 2 aliphatic carbocycles. The highest BCUT2D eigenvalue weighted by Gasteiger charge is 2.33. The second-order valence-corrected chi connectivity index (χ2v) is 8.31. The molecule has 0 bridgehead atoms. The highest BCUT2D eigenvalue weighted by atomic mass is 16.1. The molecule has 3 N–H and O–H groups in total. The van der Waals surface area contributed by atoms with Gasteiger partial charge in [-0.25, -0.2) is 0 Å². The fraction of sp³-hybridized carbons (Fsp3) is 0.944. The Morgan fingerprint density at radius 3 is 2.14 bits per heavy atom. The number of carbonyl (C=O) groups is 1. The molecular formula is C18H34N2O. The van der Waals surface area contributed by atoms with Crippen LogP contribution in [0.4, 0.5) is 0 Å². The molecule has 2 fully saturated rings. The number of rotatable bonds is 4. The summed E-state index contributed by atoms with van der Waals surface area (Å²) in [5.74, 6) is 1.87. The summed E-state index contributed by atoms with van der Waals surface area (Å²) < 4.78 is 0. The molecule has 0 aliphatic heterocycles. The van der Waals surface area contributed by atoms with Crippen molar-refractivity contribution in [1.29, 1.82) is 0 Å². The Kier molecular flexibility index (Phi) is 5.70. The number of amides is 1. The van der Waals surface area contributed by atoms with Crippen LogP contribution in [0, 0.1) is 23.2 Å². The molecule has 0 saturated heterocycles. The van der Waals surface area contributed by atoms with Crippen LogP contribution >= 0.6 is 0 Å². The van der Waals surface area contributed by atoms with Crippen molar-refractivity contribution in [1.82, 2.24) is 5.32 Å². The third-order valence-corrected chi connectivity index (χ3v) is 5.87. The van der Waals surface area contributed by atoms with Crippen LogP contribution in [0.25, 0.3) is 0 Å². The van der Waals surface area contributed by atoms with Crippen LogP contribution in [0.5, 0.6) is 0 Å². The number of nitrogens with two attached hydrogens (primary N) is 1. The van der Waals surface area contributed by atoms with Crippen molar-refractivity contribution >= 4 is 5.91 Å². The van der Waals surface area contributed by atoms with Gasteiger partial charge in [-0.3, -0.25) is 4.79 Å². The lowest BCUT2D eigenvalue weighted by Gasteiger charge is -2.37. The van der Waals surface area contributed by atoms with Crippen molar-refractivity contribution in [2.75, 3.05) is 6.54 Å². The van der Waals surface area contributed by atoms with Crippen LogP contribution in [0.1, 0.15) is 72.1 Å². The summed E-state index contributed by atoms with van der Waals surface area (Å²) in [5, 5.41) is 3.27. The fourth-order valence-corrected chi connectivity index (χ4v) is 4.25. The van der Waals surface area contributed by atoms with Gasteiger partial charge >= 0.3 is 0 Å². The van der Waals surface area contributed by atoms with E-state index in [2.05, 4.69) is 26.1 Å². The first-order valence-electron chi connectivity index (χ1n) is 8.92. The molecule has 3 heteroatoms. The predicted molar refractivity (Wildman–Crippen MR) is 87.8 cm³/mol. The lowest BCUT2D eigenvalue weighted by molar-refractivity contribution is -0.127. The normalized spacial score (nSPS) is 29.3. The Balaban J connectivity index is 1.81. The molecule has 0 spiro atoms. The molecule has 2 aliphatic rings. The van der Waals surface area contributed by atoms with Gasteiger partial charge in [-0.15, -0.1) is 0 Å². The van der Waals surface area contributed by atoms with Gasteiger partial charge in [0, 0.05) is 18.5 Å². The van der Waals surface area contributed by atoms with Crippen LogP contribution in [0.2, 0.25) is 0 Å². The second kappa shape index (κ2) is 7.13. The van der Waals surface area contributed by atoms with Gasteiger partial charge in [-0.05, 0) is 55.8 Å². The topological polar surface area (TPSA) is 55.1 Å². The molecule has 0 aromatic heterocycles. The first-order chi connectivity index (χ1) is 9.91. The molecule has 21 heavy (non-hydrogen) atoms. The van der Waals surface area contributed by atoms with Gasteiger partial charge in [0.2, 0.25) is 5.91 Å². The van der Waals surface area contributed by atoms with Crippen LogP contribution < -0.4 is 11.1 Å². The Morgan fingerprint density at radius 2 is 1.67 bits per heavy atom. The maximum atomic E-state index is 12.5. The summed E-state index contributed by atoms with van der Waals surface area (Å²) in [6.07, 6.45) is 9.56. The number of hydrogen-bond donors (Lipinski definition) is 2. The van der Waals surface area contributed by atoms with Gasteiger partial charge < -0.3 is 11.1 Å². The lowest BCUT2D eigenvalue weighted by Crippen LogP contribution is -2.47. The van der Waals surface area contributed by atoms with Gasteiger partial charge in [0.05, 0.1) is 0 Å². The highest BCUT2D eigenvalue weighted by molar-refractivity contribution is 5.79. The largest absolute Gasteiger partial charge is 0.352 e. The SMILES string of the molecule is CC(C)(C)C1CCC(C(=O)NC(CN)C2CCCC2)CC1. The van der Waals surface area contributed by atoms with E-state index in [4.69, 9.17) is 5.73 Å². The molecule has 1 unspecified atom stereocenters. The van der Waals surface area contributed by atoms with Gasteiger partial charge in [0.15, 0.2) is 0 Å². The van der Waals surface area contributed by atoms with Gasteiger partial charge in [0.1, 0.15) is 0 Å². The number of hydrogen-bond acceptors (Lipinski definition) is 2. The summed E-state index contributed by atoms with van der Waals surface area (Å²) >= 11 is 0. The molecule has 1 atom stereocenters. The molecule has 1 amide bonds. The van der Waals surface area contributed by atoms with Crippen LogP contribution in [0.15, 0.2) is 0 Å².